The topological polar surface area (TPSA) is 109 Å². The van der Waals surface area contributed by atoms with Gasteiger partial charge in [0.25, 0.3) is 0 Å². The third-order valence-electron chi connectivity index (χ3n) is 4.61. The molecule has 32 heavy (non-hydrogen) atoms. The number of amides is 1. The van der Waals surface area contributed by atoms with Gasteiger partial charge in [-0.1, -0.05) is 0 Å². The molecule has 2 N–H and O–H groups in total. The maximum absolute atomic E-state index is 13.8. The summed E-state index contributed by atoms with van der Waals surface area (Å²) in [6, 6.07) is 12.0. The molecule has 1 amide bonds. The number of aromatic nitrogens is 4. The predicted molar refractivity (Wildman–Crippen MR) is 118 cm³/mol. The fraction of sp³-hybridized carbons (Fsp3) is 0.174. The molecule has 0 fully saturated rings. The van der Waals surface area contributed by atoms with Crippen LogP contribution in [-0.4, -0.2) is 44.0 Å². The Kier molecular flexibility index (Phi) is 7.35. The molecule has 0 aliphatic carbocycles. The number of carbonyl (C=O) groups is 2. The van der Waals surface area contributed by atoms with Crippen LogP contribution in [0.3, 0.4) is 0 Å². The number of pyridine rings is 1. The van der Waals surface area contributed by atoms with E-state index in [2.05, 4.69) is 15.4 Å². The summed E-state index contributed by atoms with van der Waals surface area (Å²) in [7, 11) is 1.00. The van der Waals surface area contributed by atoms with E-state index >= 15 is 0 Å². The lowest BCUT2D eigenvalue weighted by Crippen LogP contribution is -2.12. The van der Waals surface area contributed by atoms with E-state index in [-0.39, 0.29) is 24.6 Å². The zero-order valence-electron chi connectivity index (χ0n) is 17.6. The number of anilines is 1. The Hall–Kier alpha value is -3.98. The third-order valence-corrected chi connectivity index (χ3v) is 4.61. The molecule has 164 valence electrons. The zero-order valence-corrected chi connectivity index (χ0v) is 17.6. The molecule has 1 aromatic carbocycles. The van der Waals surface area contributed by atoms with E-state index in [4.69, 9.17) is 10.1 Å². The smallest absolute Gasteiger partial charge is 0.225 e. The van der Waals surface area contributed by atoms with E-state index in [9.17, 15) is 14.0 Å². The van der Waals surface area contributed by atoms with E-state index in [1.165, 1.54) is 6.07 Å². The van der Waals surface area contributed by atoms with Crippen LogP contribution in [0.1, 0.15) is 18.4 Å². The van der Waals surface area contributed by atoms with Crippen LogP contribution in [-0.2, 0) is 9.59 Å². The number of aryl methyl sites for hydroxylation is 1. The molecule has 4 aromatic rings. The van der Waals surface area contributed by atoms with Crippen LogP contribution in [0, 0.1) is 12.7 Å². The van der Waals surface area contributed by atoms with Crippen molar-refractivity contribution >= 4 is 23.7 Å². The third kappa shape index (κ3) is 4.84. The minimum atomic E-state index is -0.294. The summed E-state index contributed by atoms with van der Waals surface area (Å²) >= 11 is 0. The van der Waals surface area contributed by atoms with Crippen LogP contribution in [0.2, 0.25) is 0 Å². The van der Waals surface area contributed by atoms with Crippen molar-refractivity contribution in [3.63, 3.8) is 0 Å². The van der Waals surface area contributed by atoms with E-state index in [1.807, 2.05) is 6.07 Å². The lowest BCUT2D eigenvalue weighted by atomic mass is 10.0. The second-order valence-corrected chi connectivity index (χ2v) is 6.75. The van der Waals surface area contributed by atoms with Crippen molar-refractivity contribution in [3.8, 4) is 22.5 Å². The molecule has 0 atom stereocenters. The molecule has 0 aliphatic heterocycles. The highest BCUT2D eigenvalue weighted by Crippen LogP contribution is 2.33. The van der Waals surface area contributed by atoms with Gasteiger partial charge in [0.1, 0.15) is 23.6 Å². The number of aliphatic hydroxyl groups is 1. The van der Waals surface area contributed by atoms with Crippen LogP contribution in [0.15, 0.2) is 54.9 Å². The molecule has 8 nitrogen and oxygen atoms in total. The van der Waals surface area contributed by atoms with Crippen molar-refractivity contribution in [2.75, 3.05) is 12.4 Å². The van der Waals surface area contributed by atoms with Crippen molar-refractivity contribution in [2.45, 2.75) is 19.8 Å². The maximum atomic E-state index is 13.8. The Morgan fingerprint density at radius 3 is 2.72 bits per heavy atom. The largest absolute Gasteiger partial charge is 0.400 e. The van der Waals surface area contributed by atoms with Gasteiger partial charge in [-0.2, -0.15) is 5.10 Å². The van der Waals surface area contributed by atoms with Gasteiger partial charge in [-0.3, -0.25) is 4.79 Å². The van der Waals surface area contributed by atoms with Crippen molar-refractivity contribution in [3.05, 3.63) is 66.2 Å². The number of hydrogen-bond acceptors (Lipinski definition) is 6. The second kappa shape index (κ2) is 10.4. The highest BCUT2D eigenvalue weighted by molar-refractivity contribution is 5.92. The zero-order chi connectivity index (χ0) is 23.1. The fourth-order valence-corrected chi connectivity index (χ4v) is 3.18. The van der Waals surface area contributed by atoms with E-state index in [1.54, 1.807) is 54.2 Å². The molecule has 3 aromatic heterocycles. The van der Waals surface area contributed by atoms with Gasteiger partial charge in [-0.25, -0.2) is 18.9 Å². The van der Waals surface area contributed by atoms with Gasteiger partial charge in [0.05, 0.1) is 5.69 Å². The first-order valence-electron chi connectivity index (χ1n) is 9.81. The van der Waals surface area contributed by atoms with Crippen molar-refractivity contribution in [1.82, 2.24) is 19.6 Å². The maximum Gasteiger partial charge on any atom is 0.225 e. The normalized spacial score (nSPS) is 10.4. The number of aldehydes is 1. The van der Waals surface area contributed by atoms with E-state index in [0.29, 0.717) is 34.7 Å². The summed E-state index contributed by atoms with van der Waals surface area (Å²) in [4.78, 5) is 31.3. The lowest BCUT2D eigenvalue weighted by molar-refractivity contribution is -0.118. The Bertz CT molecular complexity index is 1260. The highest BCUT2D eigenvalue weighted by Gasteiger charge is 2.18. The first-order valence-corrected chi connectivity index (χ1v) is 9.81. The quantitative estimate of drug-likeness (QED) is 0.449. The Balaban J connectivity index is 0.00000141. The van der Waals surface area contributed by atoms with Crippen molar-refractivity contribution in [2.24, 2.45) is 0 Å². The molecule has 0 spiro atoms. The molecule has 0 bridgehead atoms. The number of fused-ring (bicyclic) bond motifs is 1. The molecule has 0 saturated heterocycles. The van der Waals surface area contributed by atoms with Gasteiger partial charge < -0.3 is 15.2 Å². The molecule has 0 unspecified atom stereocenters. The average molecular weight is 435 g/mol. The SMILES string of the molecule is CO.Cc1cc(-c2nc3cccnn3c2-c2ccnc(NC(=O)CCC=O)c2)ccc1F. The first-order chi connectivity index (χ1) is 15.6. The second-order valence-electron chi connectivity index (χ2n) is 6.75. The summed E-state index contributed by atoms with van der Waals surface area (Å²) in [6.07, 6.45) is 4.17. The Morgan fingerprint density at radius 1 is 1.16 bits per heavy atom. The van der Waals surface area contributed by atoms with Crippen molar-refractivity contribution in [1.29, 1.82) is 0 Å². The number of aliphatic hydroxyl groups excluding tert-OH is 1. The number of imidazole rings is 1. The summed E-state index contributed by atoms with van der Waals surface area (Å²) < 4.78 is 15.5. The summed E-state index contributed by atoms with van der Waals surface area (Å²) in [5, 5.41) is 14.1. The highest BCUT2D eigenvalue weighted by atomic mass is 19.1. The Morgan fingerprint density at radius 2 is 1.97 bits per heavy atom. The standard InChI is InChI=1S/C22H18FN5O2.CH4O/c1-14-12-15(6-7-17(14)23)21-22(28-19(27-21)4-2-9-25-28)16-8-10-24-18(13-16)26-20(30)5-3-11-29;1-2/h2,4,6-13H,3,5H2,1H3,(H,24,26,30);2H,1H3. The predicted octanol–water partition coefficient (Wildman–Crippen LogP) is 3.43. The summed E-state index contributed by atoms with van der Waals surface area (Å²) in [5.41, 5.74) is 3.98. The summed E-state index contributed by atoms with van der Waals surface area (Å²) in [6.45, 7) is 1.70. The van der Waals surface area contributed by atoms with Gasteiger partial charge >= 0.3 is 0 Å². The summed E-state index contributed by atoms with van der Waals surface area (Å²) in [5.74, 6) is -0.223. The number of halogens is 1. The first kappa shape index (κ1) is 22.7. The van der Waals surface area contributed by atoms with E-state index in [0.717, 1.165) is 18.2 Å². The van der Waals surface area contributed by atoms with Gasteiger partial charge in [-0.05, 0) is 55.0 Å². The number of hydrogen-bond donors (Lipinski definition) is 2. The van der Waals surface area contributed by atoms with Crippen molar-refractivity contribution < 1.29 is 19.1 Å². The van der Waals surface area contributed by atoms with Crippen LogP contribution >= 0.6 is 0 Å². The number of nitrogens with zero attached hydrogens (tertiary/aromatic N) is 4. The molecule has 4 rings (SSSR count). The van der Waals surface area contributed by atoms with Gasteiger partial charge in [0.2, 0.25) is 5.91 Å². The Labute approximate surface area is 183 Å². The number of carbonyl (C=O) groups excluding carboxylic acids is 2. The molecule has 0 aliphatic rings. The molecule has 0 saturated carbocycles. The molecular weight excluding hydrogens is 413 g/mol. The van der Waals surface area contributed by atoms with Gasteiger partial charge in [0, 0.05) is 43.5 Å². The van der Waals surface area contributed by atoms with Gasteiger partial charge in [-0.15, -0.1) is 0 Å². The van der Waals surface area contributed by atoms with Gasteiger partial charge in [0.15, 0.2) is 5.65 Å². The number of benzene rings is 1. The fourth-order valence-electron chi connectivity index (χ4n) is 3.18. The number of nitrogens with one attached hydrogen (secondary N) is 1. The lowest BCUT2D eigenvalue weighted by Gasteiger charge is -2.08. The van der Waals surface area contributed by atoms with Crippen LogP contribution < -0.4 is 5.32 Å². The number of rotatable bonds is 6. The minimum Gasteiger partial charge on any atom is -0.400 e. The van der Waals surface area contributed by atoms with E-state index < -0.39 is 0 Å². The molecule has 9 heteroatoms. The average Bonchev–Trinajstić information content (AvgIpc) is 3.20. The monoisotopic (exact) mass is 435 g/mol. The molecule has 0 radical (unpaired) electrons. The van der Waals surface area contributed by atoms with Crippen LogP contribution in [0.25, 0.3) is 28.2 Å². The molecule has 3 heterocycles. The van der Waals surface area contributed by atoms with Crippen LogP contribution in [0.5, 0.6) is 0 Å². The van der Waals surface area contributed by atoms with Crippen LogP contribution in [0.4, 0.5) is 10.2 Å². The minimum absolute atomic E-state index is 0.0900. The molecular formula is C23H22FN5O3.